The number of hydrogen-bond donors (Lipinski definition) is 0. The Labute approximate surface area is 398 Å². The summed E-state index contributed by atoms with van der Waals surface area (Å²) >= 11 is 0. The van der Waals surface area contributed by atoms with E-state index in [0.29, 0.717) is 0 Å². The largest absolute Gasteiger partial charge is 0.440 e. The summed E-state index contributed by atoms with van der Waals surface area (Å²) in [6.07, 6.45) is 2.32. The standard InChI is InChI=1S/C63H61BN2O/c1-36-31-49-50(61(7,8)30-29-60(49,5)6)35-51(36)65-57-54-44(40-20-14-17-23-47(40)63(54,11)12)33-45-43-32-42-39-19-13-16-22-46(39)62(9,10)48(42)34-52(43)66(38-27-25-37(26-28-38)59(2,3)4)64(55(45)57)56-41-21-15-18-24-53(41)67-58(56)65/h13-28,31-35H,29-30H2,1-12H3. The van der Waals surface area contributed by atoms with Crippen LogP contribution in [0.3, 0.4) is 0 Å². The number of nitrogens with zero attached hydrogens (tertiary/aromatic N) is 2. The van der Waals surface area contributed by atoms with Gasteiger partial charge in [-0.25, -0.2) is 0 Å². The average Bonchev–Trinajstić information content (AvgIpc) is 3.87. The number of para-hydroxylation sites is 1. The zero-order valence-corrected chi connectivity index (χ0v) is 41.4. The average molecular weight is 873 g/mol. The Morgan fingerprint density at radius 1 is 0.522 bits per heavy atom. The zero-order valence-electron chi connectivity index (χ0n) is 41.4. The molecule has 0 N–H and O–H groups in total. The summed E-state index contributed by atoms with van der Waals surface area (Å²) in [6, 6.07) is 49.5. The summed E-state index contributed by atoms with van der Waals surface area (Å²) in [5, 5.41) is 1.16. The van der Waals surface area contributed by atoms with Gasteiger partial charge in [-0.1, -0.05) is 161 Å². The molecule has 7 aromatic carbocycles. The van der Waals surface area contributed by atoms with Crippen LogP contribution in [0.4, 0.5) is 28.6 Å². The Morgan fingerprint density at radius 3 is 1.79 bits per heavy atom. The van der Waals surface area contributed by atoms with E-state index in [1.807, 2.05) is 0 Å². The lowest BCUT2D eigenvalue weighted by molar-refractivity contribution is 0.332. The van der Waals surface area contributed by atoms with Crippen molar-refractivity contribution in [2.45, 2.75) is 123 Å². The molecule has 0 saturated heterocycles. The first-order valence-corrected chi connectivity index (χ1v) is 24.8. The van der Waals surface area contributed by atoms with Gasteiger partial charge in [0.05, 0.1) is 11.4 Å². The van der Waals surface area contributed by atoms with E-state index < -0.39 is 0 Å². The highest BCUT2D eigenvalue weighted by Gasteiger charge is 2.53. The van der Waals surface area contributed by atoms with E-state index in [1.54, 1.807) is 0 Å². The predicted molar refractivity (Wildman–Crippen MR) is 284 cm³/mol. The summed E-state index contributed by atoms with van der Waals surface area (Å²) in [4.78, 5) is 5.32. The SMILES string of the molecule is Cc1cc2c(cc1N1c3oc4ccccc4c3B3c4c(cc5c(c41)C(C)(C)c1ccccc1-5)-c1cc4c(cc1N3c1ccc(C(C)(C)C)cc1)C(C)(C)c1ccccc1-4)C(C)(C)CCC2(C)C. The molecule has 13 rings (SSSR count). The maximum atomic E-state index is 7.49. The van der Waals surface area contributed by atoms with Gasteiger partial charge < -0.3 is 9.23 Å². The van der Waals surface area contributed by atoms with Crippen molar-refractivity contribution in [3.05, 3.63) is 172 Å². The fraction of sp³-hybridized carbons (Fsp3) is 0.302. The molecule has 8 aromatic rings. The molecule has 332 valence electrons. The summed E-state index contributed by atoms with van der Waals surface area (Å²) in [5.41, 5.74) is 27.1. The minimum absolute atomic E-state index is 0.0195. The maximum absolute atomic E-state index is 7.49. The monoisotopic (exact) mass is 872 g/mol. The number of fused-ring (bicyclic) bond motifs is 14. The fourth-order valence-electron chi connectivity index (χ4n) is 13.5. The molecule has 0 spiro atoms. The van der Waals surface area contributed by atoms with Crippen molar-refractivity contribution in [2.24, 2.45) is 0 Å². The van der Waals surface area contributed by atoms with Crippen molar-refractivity contribution in [3.8, 4) is 33.4 Å². The van der Waals surface area contributed by atoms with E-state index in [0.717, 1.165) is 23.3 Å². The van der Waals surface area contributed by atoms with Crippen LogP contribution in [0, 0.1) is 6.92 Å². The number of aryl methyl sites for hydroxylation is 1. The Hall–Kier alpha value is -6.26. The number of anilines is 5. The van der Waals surface area contributed by atoms with Crippen LogP contribution < -0.4 is 20.6 Å². The van der Waals surface area contributed by atoms with E-state index in [9.17, 15) is 0 Å². The predicted octanol–water partition coefficient (Wildman–Crippen LogP) is 15.7. The second-order valence-corrected chi connectivity index (χ2v) is 24.0. The summed E-state index contributed by atoms with van der Waals surface area (Å²) in [5.74, 6) is 0.925. The van der Waals surface area contributed by atoms with Crippen LogP contribution in [0.25, 0.3) is 44.3 Å². The van der Waals surface area contributed by atoms with Gasteiger partial charge in [0.15, 0.2) is 0 Å². The lowest BCUT2D eigenvalue weighted by Crippen LogP contribution is -2.61. The lowest BCUT2D eigenvalue weighted by Gasteiger charge is -2.47. The van der Waals surface area contributed by atoms with E-state index >= 15 is 0 Å². The second kappa shape index (κ2) is 13.0. The molecule has 0 saturated carbocycles. The normalized spacial score (nSPS) is 18.1. The van der Waals surface area contributed by atoms with Gasteiger partial charge in [-0.15, -0.1) is 0 Å². The molecule has 2 aliphatic heterocycles. The Morgan fingerprint density at radius 2 is 1.10 bits per heavy atom. The Kier molecular flexibility index (Phi) is 7.97. The molecule has 5 aliphatic rings. The van der Waals surface area contributed by atoms with Crippen molar-refractivity contribution in [2.75, 3.05) is 9.71 Å². The molecule has 0 fully saturated rings. The third kappa shape index (κ3) is 5.31. The number of rotatable bonds is 2. The molecule has 3 nitrogen and oxygen atoms in total. The van der Waals surface area contributed by atoms with Crippen molar-refractivity contribution in [3.63, 3.8) is 0 Å². The van der Waals surface area contributed by atoms with Gasteiger partial charge >= 0.3 is 6.85 Å². The van der Waals surface area contributed by atoms with Crippen molar-refractivity contribution < 1.29 is 4.42 Å². The third-order valence-electron chi connectivity index (χ3n) is 17.4. The topological polar surface area (TPSA) is 19.6 Å². The van der Waals surface area contributed by atoms with E-state index in [2.05, 4.69) is 220 Å². The quantitative estimate of drug-likeness (QED) is 0.161. The number of benzene rings is 7. The number of furan rings is 1. The van der Waals surface area contributed by atoms with Crippen molar-refractivity contribution in [1.29, 1.82) is 0 Å². The highest BCUT2D eigenvalue weighted by atomic mass is 16.4. The van der Waals surface area contributed by atoms with Crippen LogP contribution in [-0.4, -0.2) is 6.85 Å². The number of hydrogen-bond acceptors (Lipinski definition) is 3. The van der Waals surface area contributed by atoms with Crippen molar-refractivity contribution >= 4 is 57.4 Å². The van der Waals surface area contributed by atoms with Gasteiger partial charge in [-0.05, 0) is 156 Å². The van der Waals surface area contributed by atoms with Gasteiger partial charge in [0.2, 0.25) is 5.88 Å². The third-order valence-corrected chi connectivity index (χ3v) is 17.4. The van der Waals surface area contributed by atoms with Gasteiger partial charge in [-0.2, -0.15) is 0 Å². The smallest absolute Gasteiger partial charge is 0.337 e. The highest BCUT2D eigenvalue weighted by Crippen LogP contribution is 2.61. The molecule has 3 heterocycles. The first-order chi connectivity index (χ1) is 31.8. The molecule has 0 atom stereocenters. The molecule has 3 aliphatic carbocycles. The first-order valence-electron chi connectivity index (χ1n) is 24.8. The van der Waals surface area contributed by atoms with Crippen LogP contribution in [0.1, 0.15) is 134 Å². The molecule has 0 radical (unpaired) electrons. The molecule has 1 aromatic heterocycles. The first kappa shape index (κ1) is 41.0. The minimum Gasteiger partial charge on any atom is -0.440 e. The lowest BCUT2D eigenvalue weighted by atomic mass is 9.43. The maximum Gasteiger partial charge on any atom is 0.337 e. The summed E-state index contributed by atoms with van der Waals surface area (Å²) < 4.78 is 7.49. The Balaban J connectivity index is 1.22. The molecule has 67 heavy (non-hydrogen) atoms. The summed E-state index contributed by atoms with van der Waals surface area (Å²) in [7, 11) is 0. The van der Waals surface area contributed by atoms with Crippen LogP contribution in [0.15, 0.2) is 132 Å². The van der Waals surface area contributed by atoms with Crippen LogP contribution >= 0.6 is 0 Å². The van der Waals surface area contributed by atoms with Crippen LogP contribution in [0.5, 0.6) is 0 Å². The van der Waals surface area contributed by atoms with Gasteiger partial charge in [0, 0.05) is 38.6 Å². The molecular weight excluding hydrogens is 812 g/mol. The van der Waals surface area contributed by atoms with Gasteiger partial charge in [0.25, 0.3) is 0 Å². The molecule has 0 amide bonds. The van der Waals surface area contributed by atoms with Crippen molar-refractivity contribution in [1.82, 2.24) is 0 Å². The molecule has 4 heteroatoms. The van der Waals surface area contributed by atoms with Crippen LogP contribution in [0.2, 0.25) is 0 Å². The summed E-state index contributed by atoms with van der Waals surface area (Å²) in [6.45, 7) is 28.6. The van der Waals surface area contributed by atoms with E-state index in [-0.39, 0.29) is 33.9 Å². The fourth-order valence-corrected chi connectivity index (χ4v) is 13.5. The van der Waals surface area contributed by atoms with Gasteiger partial charge in [0.1, 0.15) is 5.58 Å². The minimum atomic E-state index is -0.299. The second-order valence-electron chi connectivity index (χ2n) is 24.0. The van der Waals surface area contributed by atoms with E-state index in [1.165, 1.54) is 118 Å². The molecular formula is C63H61BN2O. The van der Waals surface area contributed by atoms with Crippen LogP contribution in [-0.2, 0) is 27.1 Å². The van der Waals surface area contributed by atoms with Gasteiger partial charge in [-0.3, -0.25) is 4.90 Å². The van der Waals surface area contributed by atoms with E-state index in [4.69, 9.17) is 4.42 Å². The highest BCUT2D eigenvalue weighted by molar-refractivity contribution is 6.95. The Bertz CT molecular complexity index is 3480. The zero-order chi connectivity index (χ0) is 46.5. The molecule has 0 bridgehead atoms. The molecule has 0 unspecified atom stereocenters.